The number of aryl methyl sites for hydroxylation is 5. The molecule has 0 bridgehead atoms. The van der Waals surface area contributed by atoms with Gasteiger partial charge in [-0.05, 0) is 84.7 Å². The van der Waals surface area contributed by atoms with Crippen molar-refractivity contribution in [3.8, 4) is 0 Å². The summed E-state index contributed by atoms with van der Waals surface area (Å²) in [6, 6.07) is 39.7. The maximum absolute atomic E-state index is 2.37. The van der Waals surface area contributed by atoms with Gasteiger partial charge in [-0.2, -0.15) is 0 Å². The van der Waals surface area contributed by atoms with Crippen molar-refractivity contribution in [3.05, 3.63) is 143 Å². The Morgan fingerprint density at radius 1 is 0.312 bits per heavy atom. The molecule has 0 radical (unpaired) electrons. The lowest BCUT2D eigenvalue weighted by Gasteiger charge is -2.16. The molecule has 0 aliphatic carbocycles. The summed E-state index contributed by atoms with van der Waals surface area (Å²) in [6.45, 7) is 0. The molecule has 0 saturated heterocycles. The summed E-state index contributed by atoms with van der Waals surface area (Å²) in [5.74, 6) is 0. The van der Waals surface area contributed by atoms with E-state index in [2.05, 4.69) is 109 Å². The first-order chi connectivity index (χ1) is 15.9. The van der Waals surface area contributed by atoms with E-state index in [1.165, 1.54) is 36.0 Å². The predicted octanol–water partition coefficient (Wildman–Crippen LogP) is 7.82. The fraction of sp³-hybridized carbons (Fsp3) is 0.250. The first-order valence-electron chi connectivity index (χ1n) is 12.1. The molecule has 4 rings (SSSR count). The van der Waals surface area contributed by atoms with Crippen LogP contribution in [0.15, 0.2) is 109 Å². The van der Waals surface area contributed by atoms with E-state index in [1.807, 2.05) is 0 Å². The molecule has 0 saturated carbocycles. The molecule has 0 heteroatoms. The summed E-state index contributed by atoms with van der Waals surface area (Å²) in [4.78, 5) is 0. The minimum Gasteiger partial charge on any atom is -0.0622 e. The molecule has 0 heterocycles. The highest BCUT2D eigenvalue weighted by Crippen LogP contribution is 2.22. The van der Waals surface area contributed by atoms with Crippen LogP contribution in [0.3, 0.4) is 0 Å². The smallest absolute Gasteiger partial charge is 0.0235 e. The van der Waals surface area contributed by atoms with Crippen molar-refractivity contribution < 1.29 is 0 Å². The van der Waals surface area contributed by atoms with Gasteiger partial charge in [-0.15, -0.1) is 0 Å². The van der Waals surface area contributed by atoms with Crippen LogP contribution in [0.25, 0.3) is 0 Å². The van der Waals surface area contributed by atoms with E-state index >= 15 is 0 Å². The van der Waals surface area contributed by atoms with Gasteiger partial charge in [0.2, 0.25) is 0 Å². The molecule has 0 unspecified atom stereocenters. The van der Waals surface area contributed by atoms with Crippen molar-refractivity contribution in [2.45, 2.75) is 51.4 Å². The van der Waals surface area contributed by atoms with Gasteiger partial charge in [-0.1, -0.05) is 109 Å². The van der Waals surface area contributed by atoms with Gasteiger partial charge in [-0.3, -0.25) is 0 Å². The standard InChI is InChI=1S/C32H34/c1-4-13-27(14-5-1)19-10-21-30-22-12-23-31(26-25-29-17-8-3-9-18-29)32(30)24-11-20-28-15-6-2-7-16-28/h1-9,12-18,22-23H,10-11,19-21,24-26H2. The fourth-order valence-corrected chi connectivity index (χ4v) is 4.64. The van der Waals surface area contributed by atoms with E-state index in [9.17, 15) is 0 Å². The van der Waals surface area contributed by atoms with Crippen molar-refractivity contribution in [2.75, 3.05) is 0 Å². The van der Waals surface area contributed by atoms with Crippen LogP contribution < -0.4 is 0 Å². The zero-order valence-electron chi connectivity index (χ0n) is 19.0. The minimum absolute atomic E-state index is 1.11. The molecular formula is C32H34. The number of hydrogen-bond donors (Lipinski definition) is 0. The summed E-state index contributed by atoms with van der Waals surface area (Å²) in [7, 11) is 0. The quantitative estimate of drug-likeness (QED) is 0.233. The third-order valence-corrected chi connectivity index (χ3v) is 6.39. The van der Waals surface area contributed by atoms with Crippen molar-refractivity contribution >= 4 is 0 Å². The SMILES string of the molecule is c1ccc(CCCc2cccc(CCc3ccccc3)c2CCCc2ccccc2)cc1. The van der Waals surface area contributed by atoms with Gasteiger partial charge in [0, 0.05) is 0 Å². The Hall–Kier alpha value is -3.12. The second kappa shape index (κ2) is 12.1. The molecule has 0 N–H and O–H groups in total. The monoisotopic (exact) mass is 418 g/mol. The first kappa shape index (κ1) is 22.1. The highest BCUT2D eigenvalue weighted by atomic mass is 14.1. The first-order valence-corrected chi connectivity index (χ1v) is 12.1. The molecule has 162 valence electrons. The molecule has 0 nitrogen and oxygen atoms in total. The average molecular weight is 419 g/mol. The molecule has 0 aromatic heterocycles. The molecule has 0 fully saturated rings. The van der Waals surface area contributed by atoms with Crippen molar-refractivity contribution in [1.82, 2.24) is 0 Å². The third kappa shape index (κ3) is 6.69. The second-order valence-corrected chi connectivity index (χ2v) is 8.72. The Morgan fingerprint density at radius 2 is 0.750 bits per heavy atom. The number of benzene rings is 4. The molecule has 0 atom stereocenters. The van der Waals surface area contributed by atoms with Gasteiger partial charge in [0.25, 0.3) is 0 Å². The van der Waals surface area contributed by atoms with Gasteiger partial charge in [-0.25, -0.2) is 0 Å². The van der Waals surface area contributed by atoms with Crippen molar-refractivity contribution in [3.63, 3.8) is 0 Å². The van der Waals surface area contributed by atoms with E-state index in [-0.39, 0.29) is 0 Å². The van der Waals surface area contributed by atoms with Crippen molar-refractivity contribution in [1.29, 1.82) is 0 Å². The van der Waals surface area contributed by atoms with Crippen molar-refractivity contribution in [2.24, 2.45) is 0 Å². The van der Waals surface area contributed by atoms with E-state index < -0.39 is 0 Å². The van der Waals surface area contributed by atoms with E-state index in [0.717, 1.165) is 32.1 Å². The number of rotatable bonds is 11. The van der Waals surface area contributed by atoms with Gasteiger partial charge >= 0.3 is 0 Å². The van der Waals surface area contributed by atoms with Crippen LogP contribution in [-0.2, 0) is 38.5 Å². The van der Waals surface area contributed by atoms with Gasteiger partial charge < -0.3 is 0 Å². The minimum atomic E-state index is 1.11. The van der Waals surface area contributed by atoms with Gasteiger partial charge in [0.15, 0.2) is 0 Å². The zero-order chi connectivity index (χ0) is 21.8. The van der Waals surface area contributed by atoms with Crippen LogP contribution in [0.2, 0.25) is 0 Å². The van der Waals surface area contributed by atoms with Crippen LogP contribution in [0.5, 0.6) is 0 Å². The number of hydrogen-bond acceptors (Lipinski definition) is 0. The summed E-state index contributed by atoms with van der Waals surface area (Å²) < 4.78 is 0. The third-order valence-electron chi connectivity index (χ3n) is 6.39. The molecule has 0 amide bonds. The largest absolute Gasteiger partial charge is 0.0622 e. The van der Waals surface area contributed by atoms with Crippen LogP contribution in [0.1, 0.15) is 46.2 Å². The average Bonchev–Trinajstić information content (AvgIpc) is 2.86. The Labute approximate surface area is 194 Å². The van der Waals surface area contributed by atoms with Crippen LogP contribution in [0.4, 0.5) is 0 Å². The summed E-state index contributed by atoms with van der Waals surface area (Å²) in [5.41, 5.74) is 9.02. The predicted molar refractivity (Wildman–Crippen MR) is 137 cm³/mol. The van der Waals surface area contributed by atoms with Gasteiger partial charge in [0.05, 0.1) is 0 Å². The zero-order valence-corrected chi connectivity index (χ0v) is 19.0. The maximum atomic E-state index is 2.37. The topological polar surface area (TPSA) is 0 Å². The Morgan fingerprint density at radius 3 is 1.28 bits per heavy atom. The van der Waals surface area contributed by atoms with Crippen LogP contribution in [0, 0.1) is 0 Å². The van der Waals surface area contributed by atoms with E-state index in [0.29, 0.717) is 0 Å². The van der Waals surface area contributed by atoms with E-state index in [1.54, 1.807) is 16.7 Å². The lowest BCUT2D eigenvalue weighted by atomic mass is 9.89. The summed E-state index contributed by atoms with van der Waals surface area (Å²) >= 11 is 0. The summed E-state index contributed by atoms with van der Waals surface area (Å²) in [6.07, 6.45) is 9.28. The lowest BCUT2D eigenvalue weighted by Crippen LogP contribution is -2.04. The molecule has 0 spiro atoms. The molecule has 0 aliphatic rings. The van der Waals surface area contributed by atoms with Crippen LogP contribution >= 0.6 is 0 Å². The molecule has 32 heavy (non-hydrogen) atoms. The van der Waals surface area contributed by atoms with E-state index in [4.69, 9.17) is 0 Å². The molecule has 4 aromatic carbocycles. The second-order valence-electron chi connectivity index (χ2n) is 8.72. The normalized spacial score (nSPS) is 10.9. The molecule has 0 aliphatic heterocycles. The highest BCUT2D eigenvalue weighted by Gasteiger charge is 2.09. The Balaban J connectivity index is 1.45. The van der Waals surface area contributed by atoms with Gasteiger partial charge in [0.1, 0.15) is 0 Å². The lowest BCUT2D eigenvalue weighted by molar-refractivity contribution is 0.767. The summed E-state index contributed by atoms with van der Waals surface area (Å²) in [5, 5.41) is 0. The Bertz CT molecular complexity index is 1050. The highest BCUT2D eigenvalue weighted by molar-refractivity contribution is 5.37. The van der Waals surface area contributed by atoms with Crippen LogP contribution in [-0.4, -0.2) is 0 Å². The molecular weight excluding hydrogens is 384 g/mol. The fourth-order valence-electron chi connectivity index (χ4n) is 4.64. The Kier molecular flexibility index (Phi) is 8.32. The maximum Gasteiger partial charge on any atom is -0.0235 e. The molecule has 4 aromatic rings.